The van der Waals surface area contributed by atoms with Gasteiger partial charge in [0.15, 0.2) is 18.1 Å². The highest BCUT2D eigenvalue weighted by molar-refractivity contribution is 5.75. The van der Waals surface area contributed by atoms with Gasteiger partial charge in [0.2, 0.25) is 0 Å². The minimum atomic E-state index is -1.13. The number of piperidine rings is 1. The van der Waals surface area contributed by atoms with Gasteiger partial charge < -0.3 is 20.3 Å². The molecule has 7 heteroatoms. The van der Waals surface area contributed by atoms with E-state index in [2.05, 4.69) is 4.90 Å². The molecule has 0 spiro atoms. The lowest BCUT2D eigenvalue weighted by Crippen LogP contribution is -2.49. The fourth-order valence-corrected chi connectivity index (χ4v) is 5.03. The van der Waals surface area contributed by atoms with Gasteiger partial charge in [0, 0.05) is 24.2 Å². The summed E-state index contributed by atoms with van der Waals surface area (Å²) < 4.78 is 25.5. The van der Waals surface area contributed by atoms with E-state index in [-0.39, 0.29) is 24.5 Å². The lowest BCUT2D eigenvalue weighted by molar-refractivity contribution is -0.119. The zero-order valence-corrected chi connectivity index (χ0v) is 17.7. The van der Waals surface area contributed by atoms with Crippen molar-refractivity contribution in [1.82, 2.24) is 4.90 Å². The molecule has 2 bridgehead atoms. The van der Waals surface area contributed by atoms with Gasteiger partial charge in [-0.1, -0.05) is 24.3 Å². The minimum absolute atomic E-state index is 0.185. The number of primary amides is 1. The molecule has 2 aromatic carbocycles. The molecule has 3 N–H and O–H groups in total. The van der Waals surface area contributed by atoms with Gasteiger partial charge in [-0.2, -0.15) is 0 Å². The Morgan fingerprint density at radius 1 is 1.16 bits per heavy atom. The molecule has 2 aliphatic rings. The van der Waals surface area contributed by atoms with Crippen molar-refractivity contribution in [2.45, 2.75) is 56.8 Å². The molecule has 0 aromatic heterocycles. The van der Waals surface area contributed by atoms with E-state index in [4.69, 9.17) is 15.2 Å². The van der Waals surface area contributed by atoms with Crippen LogP contribution in [0, 0.1) is 5.82 Å². The van der Waals surface area contributed by atoms with Crippen LogP contribution in [0.25, 0.3) is 0 Å². The van der Waals surface area contributed by atoms with Crippen molar-refractivity contribution in [1.29, 1.82) is 0 Å². The maximum absolute atomic E-state index is 14.4. The van der Waals surface area contributed by atoms with Crippen molar-refractivity contribution >= 4 is 5.91 Å². The summed E-state index contributed by atoms with van der Waals surface area (Å²) in [6, 6.07) is 12.6. The maximum atomic E-state index is 14.4. The SMILES string of the molecule is CCOc1cc(CN2[C@@H]3CC[C@H]2CC(O)(c2ccccc2F)C3)ccc1OCC(N)=O. The van der Waals surface area contributed by atoms with E-state index in [1.54, 1.807) is 24.3 Å². The molecular weight excluding hydrogens is 399 g/mol. The van der Waals surface area contributed by atoms with Gasteiger partial charge in [0.1, 0.15) is 5.82 Å². The third-order valence-electron chi connectivity index (χ3n) is 6.34. The van der Waals surface area contributed by atoms with E-state index in [1.165, 1.54) is 6.07 Å². The van der Waals surface area contributed by atoms with E-state index in [1.807, 2.05) is 19.1 Å². The number of fused-ring (bicyclic) bond motifs is 2. The van der Waals surface area contributed by atoms with Crippen LogP contribution in [0.4, 0.5) is 4.39 Å². The average Bonchev–Trinajstić information content (AvgIpc) is 2.97. The number of hydrogen-bond acceptors (Lipinski definition) is 5. The number of nitrogens with two attached hydrogens (primary N) is 1. The molecule has 31 heavy (non-hydrogen) atoms. The molecule has 1 unspecified atom stereocenters. The van der Waals surface area contributed by atoms with Crippen LogP contribution in [0.5, 0.6) is 11.5 Å². The number of rotatable bonds is 8. The number of amides is 1. The molecule has 2 aromatic rings. The molecule has 0 saturated carbocycles. The largest absolute Gasteiger partial charge is 0.490 e. The summed E-state index contributed by atoms with van der Waals surface area (Å²) in [7, 11) is 0. The molecule has 1 amide bonds. The molecule has 2 fully saturated rings. The maximum Gasteiger partial charge on any atom is 0.255 e. The molecule has 0 aliphatic carbocycles. The minimum Gasteiger partial charge on any atom is -0.490 e. The topological polar surface area (TPSA) is 85.0 Å². The highest BCUT2D eigenvalue weighted by atomic mass is 19.1. The van der Waals surface area contributed by atoms with Crippen LogP contribution >= 0.6 is 0 Å². The molecule has 2 aliphatic heterocycles. The molecule has 0 radical (unpaired) electrons. The summed E-state index contributed by atoms with van der Waals surface area (Å²) in [5.41, 5.74) is 5.51. The van der Waals surface area contributed by atoms with Gasteiger partial charge in [-0.05, 0) is 56.4 Å². The monoisotopic (exact) mass is 428 g/mol. The Hall–Kier alpha value is -2.64. The number of benzene rings is 2. The van der Waals surface area contributed by atoms with Crippen molar-refractivity contribution in [2.24, 2.45) is 5.73 Å². The number of nitrogens with zero attached hydrogens (tertiary/aromatic N) is 1. The number of ether oxygens (including phenoxy) is 2. The van der Waals surface area contributed by atoms with Crippen LogP contribution in [0.3, 0.4) is 0 Å². The fourth-order valence-electron chi connectivity index (χ4n) is 5.03. The second-order valence-electron chi connectivity index (χ2n) is 8.45. The van der Waals surface area contributed by atoms with Gasteiger partial charge in [0.25, 0.3) is 5.91 Å². The zero-order valence-electron chi connectivity index (χ0n) is 17.7. The van der Waals surface area contributed by atoms with Crippen LogP contribution in [-0.4, -0.2) is 41.2 Å². The van der Waals surface area contributed by atoms with Crippen LogP contribution in [-0.2, 0) is 16.9 Å². The van der Waals surface area contributed by atoms with Gasteiger partial charge in [-0.25, -0.2) is 4.39 Å². The molecule has 3 atom stereocenters. The Balaban J connectivity index is 1.50. The zero-order chi connectivity index (χ0) is 22.0. The van der Waals surface area contributed by atoms with Crippen LogP contribution in [0.2, 0.25) is 0 Å². The Bertz CT molecular complexity index is 937. The lowest BCUT2D eigenvalue weighted by atomic mass is 9.80. The fraction of sp³-hybridized carbons (Fsp3) is 0.458. The van der Waals surface area contributed by atoms with Crippen molar-refractivity contribution in [3.05, 3.63) is 59.4 Å². The summed E-state index contributed by atoms with van der Waals surface area (Å²) in [5.74, 6) is 0.179. The van der Waals surface area contributed by atoms with E-state index in [0.29, 0.717) is 43.1 Å². The molecule has 2 saturated heterocycles. The van der Waals surface area contributed by atoms with Crippen molar-refractivity contribution < 1.29 is 23.8 Å². The van der Waals surface area contributed by atoms with E-state index >= 15 is 0 Å². The molecule has 6 nitrogen and oxygen atoms in total. The van der Waals surface area contributed by atoms with Crippen LogP contribution in [0.1, 0.15) is 43.7 Å². The first-order valence-electron chi connectivity index (χ1n) is 10.8. The first-order valence-corrected chi connectivity index (χ1v) is 10.8. The summed E-state index contributed by atoms with van der Waals surface area (Å²) in [5, 5.41) is 11.3. The first kappa shape index (κ1) is 21.6. The quantitative estimate of drug-likeness (QED) is 0.675. The summed E-state index contributed by atoms with van der Waals surface area (Å²) >= 11 is 0. The van der Waals surface area contributed by atoms with Crippen molar-refractivity contribution in [3.8, 4) is 11.5 Å². The number of aliphatic hydroxyl groups is 1. The standard InChI is InChI=1S/C24H29FN2O4/c1-2-30-22-11-16(7-10-21(22)31-15-23(26)28)14-27-17-8-9-18(27)13-24(29,12-17)19-5-3-4-6-20(19)25/h3-7,10-11,17-18,29H,2,8-9,12-15H2,1H3,(H2,26,28)/t17-,18+,24?. The number of hydrogen-bond donors (Lipinski definition) is 2. The predicted octanol–water partition coefficient (Wildman–Crippen LogP) is 3.10. The average molecular weight is 429 g/mol. The smallest absolute Gasteiger partial charge is 0.255 e. The van der Waals surface area contributed by atoms with Crippen LogP contribution in [0.15, 0.2) is 42.5 Å². The molecule has 4 rings (SSSR count). The number of halogens is 1. The van der Waals surface area contributed by atoms with E-state index < -0.39 is 11.5 Å². The molecule has 166 valence electrons. The van der Waals surface area contributed by atoms with Gasteiger partial charge in [0.05, 0.1) is 12.2 Å². The summed E-state index contributed by atoms with van der Waals surface area (Å²) in [6.45, 7) is 2.86. The highest BCUT2D eigenvalue weighted by Crippen LogP contribution is 2.47. The Morgan fingerprint density at radius 3 is 2.52 bits per heavy atom. The van der Waals surface area contributed by atoms with Gasteiger partial charge >= 0.3 is 0 Å². The third-order valence-corrected chi connectivity index (χ3v) is 6.34. The molecular formula is C24H29FN2O4. The second kappa shape index (κ2) is 8.85. The summed E-state index contributed by atoms with van der Waals surface area (Å²) in [4.78, 5) is 13.4. The first-order chi connectivity index (χ1) is 14.9. The van der Waals surface area contributed by atoms with Gasteiger partial charge in [-0.15, -0.1) is 0 Å². The Kier molecular flexibility index (Phi) is 6.16. The Morgan fingerprint density at radius 2 is 1.87 bits per heavy atom. The van der Waals surface area contributed by atoms with E-state index in [9.17, 15) is 14.3 Å². The normalized spacial score (nSPS) is 25.4. The van der Waals surface area contributed by atoms with Gasteiger partial charge in [-0.3, -0.25) is 9.69 Å². The second-order valence-corrected chi connectivity index (χ2v) is 8.45. The Labute approximate surface area is 181 Å². The highest BCUT2D eigenvalue weighted by Gasteiger charge is 2.48. The number of carbonyl (C=O) groups is 1. The van der Waals surface area contributed by atoms with Crippen LogP contribution < -0.4 is 15.2 Å². The lowest BCUT2D eigenvalue weighted by Gasteiger charge is -2.44. The third kappa shape index (κ3) is 4.52. The number of carbonyl (C=O) groups excluding carboxylic acids is 1. The van der Waals surface area contributed by atoms with E-state index in [0.717, 1.165) is 18.4 Å². The predicted molar refractivity (Wildman–Crippen MR) is 114 cm³/mol. The van der Waals surface area contributed by atoms with Crippen molar-refractivity contribution in [3.63, 3.8) is 0 Å². The van der Waals surface area contributed by atoms with Crippen molar-refractivity contribution in [2.75, 3.05) is 13.2 Å². The molecule has 2 heterocycles. The summed E-state index contributed by atoms with van der Waals surface area (Å²) in [6.07, 6.45) is 3.00.